The van der Waals surface area contributed by atoms with Gasteiger partial charge in [0.15, 0.2) is 11.5 Å². The minimum atomic E-state index is -0.0250. The van der Waals surface area contributed by atoms with E-state index in [4.69, 9.17) is 0 Å². The van der Waals surface area contributed by atoms with Crippen LogP contribution in [0.3, 0.4) is 0 Å². The normalized spacial score (nSPS) is 17.8. The Labute approximate surface area is 163 Å². The second kappa shape index (κ2) is 7.18. The molecule has 1 aliphatic heterocycles. The molecule has 5 rings (SSSR count). The Morgan fingerprint density at radius 3 is 2.64 bits per heavy atom. The molecule has 0 bridgehead atoms. The summed E-state index contributed by atoms with van der Waals surface area (Å²) in [6, 6.07) is 9.95. The summed E-state index contributed by atoms with van der Waals surface area (Å²) in [6.45, 7) is 2.26. The second-order valence-corrected chi connectivity index (χ2v) is 7.75. The van der Waals surface area contributed by atoms with Crippen molar-refractivity contribution in [3.8, 4) is 11.4 Å². The highest BCUT2D eigenvalue weighted by atomic mass is 16.2. The van der Waals surface area contributed by atoms with Gasteiger partial charge in [0.05, 0.1) is 6.20 Å². The molecule has 0 radical (unpaired) electrons. The predicted octanol–water partition coefficient (Wildman–Crippen LogP) is 2.49. The van der Waals surface area contributed by atoms with Crippen LogP contribution in [0.5, 0.6) is 0 Å². The van der Waals surface area contributed by atoms with E-state index in [9.17, 15) is 4.79 Å². The van der Waals surface area contributed by atoms with Crippen LogP contribution in [0.15, 0.2) is 36.5 Å². The van der Waals surface area contributed by atoms with Gasteiger partial charge in [-0.2, -0.15) is 5.10 Å². The smallest absolute Gasteiger partial charge is 0.276 e. The van der Waals surface area contributed by atoms with Crippen LogP contribution in [0, 0.1) is 5.92 Å². The van der Waals surface area contributed by atoms with Crippen LogP contribution < -0.4 is 0 Å². The first kappa shape index (κ1) is 17.1. The quantitative estimate of drug-likeness (QED) is 0.737. The number of amides is 1. The average Bonchev–Trinajstić information content (AvgIpc) is 3.22. The van der Waals surface area contributed by atoms with Crippen molar-refractivity contribution >= 4 is 5.91 Å². The first-order chi connectivity index (χ1) is 13.8. The number of aromatic nitrogens is 6. The Bertz CT molecular complexity index is 952. The maximum Gasteiger partial charge on any atom is 0.276 e. The van der Waals surface area contributed by atoms with Gasteiger partial charge in [-0.1, -0.05) is 35.5 Å². The van der Waals surface area contributed by atoms with Crippen LogP contribution in [0.25, 0.3) is 11.4 Å². The van der Waals surface area contributed by atoms with E-state index in [2.05, 4.69) is 25.5 Å². The lowest BCUT2D eigenvalue weighted by Crippen LogP contribution is -2.38. The molecule has 8 nitrogen and oxygen atoms in total. The first-order valence-electron chi connectivity index (χ1n) is 9.93. The van der Waals surface area contributed by atoms with Gasteiger partial charge in [-0.3, -0.25) is 14.6 Å². The molecule has 2 aliphatic rings. The SMILES string of the molecule is O=C(c1cn(CC2CC2)nn1)N1CCC(c2nc(-c3ccccc3)n[nH]2)CC1. The maximum atomic E-state index is 12.7. The number of nitrogens with one attached hydrogen (secondary N) is 1. The van der Waals surface area contributed by atoms with Gasteiger partial charge in [0.25, 0.3) is 5.91 Å². The zero-order chi connectivity index (χ0) is 18.9. The highest BCUT2D eigenvalue weighted by molar-refractivity contribution is 5.92. The molecule has 28 heavy (non-hydrogen) atoms. The van der Waals surface area contributed by atoms with Crippen LogP contribution in [-0.2, 0) is 6.54 Å². The molecule has 8 heteroatoms. The van der Waals surface area contributed by atoms with Crippen LogP contribution in [-0.4, -0.2) is 54.1 Å². The zero-order valence-corrected chi connectivity index (χ0v) is 15.7. The largest absolute Gasteiger partial charge is 0.337 e. The highest BCUT2D eigenvalue weighted by Crippen LogP contribution is 2.30. The topological polar surface area (TPSA) is 92.6 Å². The van der Waals surface area contributed by atoms with Gasteiger partial charge >= 0.3 is 0 Å². The van der Waals surface area contributed by atoms with Crippen LogP contribution in [0.4, 0.5) is 0 Å². The van der Waals surface area contributed by atoms with E-state index in [0.717, 1.165) is 36.6 Å². The number of rotatable bonds is 5. The fourth-order valence-corrected chi connectivity index (χ4v) is 3.74. The van der Waals surface area contributed by atoms with E-state index in [-0.39, 0.29) is 5.91 Å². The fraction of sp³-hybridized carbons (Fsp3) is 0.450. The summed E-state index contributed by atoms with van der Waals surface area (Å²) in [5.41, 5.74) is 1.46. The number of hydrogen-bond donors (Lipinski definition) is 1. The van der Waals surface area contributed by atoms with E-state index in [1.165, 1.54) is 12.8 Å². The predicted molar refractivity (Wildman–Crippen MR) is 102 cm³/mol. The number of carbonyl (C=O) groups excluding carboxylic acids is 1. The lowest BCUT2D eigenvalue weighted by molar-refractivity contribution is 0.0705. The van der Waals surface area contributed by atoms with Gasteiger partial charge in [0, 0.05) is 31.1 Å². The zero-order valence-electron chi connectivity index (χ0n) is 15.7. The third-order valence-corrected chi connectivity index (χ3v) is 5.60. The Balaban J connectivity index is 1.20. The average molecular weight is 377 g/mol. The molecule has 2 aromatic heterocycles. The first-order valence-corrected chi connectivity index (χ1v) is 9.93. The van der Waals surface area contributed by atoms with Crippen molar-refractivity contribution in [2.45, 2.75) is 38.1 Å². The van der Waals surface area contributed by atoms with Crippen LogP contribution in [0.2, 0.25) is 0 Å². The summed E-state index contributed by atoms with van der Waals surface area (Å²) in [5, 5.41) is 15.6. The third-order valence-electron chi connectivity index (χ3n) is 5.60. The molecule has 1 N–H and O–H groups in total. The van der Waals surface area contributed by atoms with Crippen molar-refractivity contribution in [3.05, 3.63) is 48.0 Å². The number of likely N-dealkylation sites (tertiary alicyclic amines) is 1. The summed E-state index contributed by atoms with van der Waals surface area (Å²) < 4.78 is 1.80. The van der Waals surface area contributed by atoms with Crippen molar-refractivity contribution in [3.63, 3.8) is 0 Å². The minimum absolute atomic E-state index is 0.0250. The molecule has 0 atom stereocenters. The monoisotopic (exact) mass is 377 g/mol. The Morgan fingerprint density at radius 1 is 1.11 bits per heavy atom. The summed E-state index contributed by atoms with van der Waals surface area (Å²) in [7, 11) is 0. The second-order valence-electron chi connectivity index (χ2n) is 7.75. The van der Waals surface area contributed by atoms with Gasteiger partial charge in [-0.05, 0) is 31.6 Å². The summed E-state index contributed by atoms with van der Waals surface area (Å²) in [4.78, 5) is 19.3. The van der Waals surface area contributed by atoms with Crippen molar-refractivity contribution in [2.24, 2.45) is 5.92 Å². The van der Waals surface area contributed by atoms with E-state index < -0.39 is 0 Å². The summed E-state index contributed by atoms with van der Waals surface area (Å²) in [6.07, 6.45) is 6.03. The molecule has 144 valence electrons. The molecular weight excluding hydrogens is 354 g/mol. The molecule has 0 unspecified atom stereocenters. The molecule has 1 saturated carbocycles. The van der Waals surface area contributed by atoms with Crippen molar-refractivity contribution in [1.82, 2.24) is 35.1 Å². The molecule has 1 aliphatic carbocycles. The van der Waals surface area contributed by atoms with E-state index >= 15 is 0 Å². The number of carbonyl (C=O) groups is 1. The summed E-state index contributed by atoms with van der Waals surface area (Å²) in [5.74, 6) is 2.60. The van der Waals surface area contributed by atoms with E-state index in [1.54, 1.807) is 10.9 Å². The van der Waals surface area contributed by atoms with Gasteiger partial charge in [-0.25, -0.2) is 4.98 Å². The Kier molecular flexibility index (Phi) is 4.38. The van der Waals surface area contributed by atoms with E-state index in [1.807, 2.05) is 35.2 Å². The number of hydrogen-bond acceptors (Lipinski definition) is 5. The van der Waals surface area contributed by atoms with Crippen LogP contribution in [0.1, 0.15) is 47.9 Å². The van der Waals surface area contributed by atoms with Gasteiger partial charge < -0.3 is 4.90 Å². The molecular formula is C20H23N7O. The van der Waals surface area contributed by atoms with Gasteiger partial charge in [0.1, 0.15) is 5.82 Å². The van der Waals surface area contributed by atoms with Gasteiger partial charge in [-0.15, -0.1) is 5.10 Å². The molecule has 1 saturated heterocycles. The number of benzene rings is 1. The molecule has 3 aromatic rings. The number of nitrogens with zero attached hydrogens (tertiary/aromatic N) is 6. The Hall–Kier alpha value is -3.03. The lowest BCUT2D eigenvalue weighted by atomic mass is 9.96. The molecule has 0 spiro atoms. The Morgan fingerprint density at radius 2 is 1.89 bits per heavy atom. The van der Waals surface area contributed by atoms with Crippen molar-refractivity contribution in [1.29, 1.82) is 0 Å². The van der Waals surface area contributed by atoms with Crippen LogP contribution >= 0.6 is 0 Å². The number of piperidine rings is 1. The maximum absolute atomic E-state index is 12.7. The summed E-state index contributed by atoms with van der Waals surface area (Å²) >= 11 is 0. The standard InChI is InChI=1S/C20H23N7O/c28-20(17-13-27(25-22-17)12-14-6-7-14)26-10-8-16(9-11-26)19-21-18(23-24-19)15-4-2-1-3-5-15/h1-5,13-14,16H,6-12H2,(H,21,23,24). The lowest BCUT2D eigenvalue weighted by Gasteiger charge is -2.30. The van der Waals surface area contributed by atoms with Crippen molar-refractivity contribution < 1.29 is 4.79 Å². The molecule has 1 amide bonds. The number of H-pyrrole nitrogens is 1. The van der Waals surface area contributed by atoms with E-state index in [0.29, 0.717) is 30.6 Å². The molecule has 1 aromatic carbocycles. The third kappa shape index (κ3) is 3.54. The van der Waals surface area contributed by atoms with Gasteiger partial charge in [0.2, 0.25) is 0 Å². The molecule has 3 heterocycles. The number of aromatic amines is 1. The highest BCUT2D eigenvalue weighted by Gasteiger charge is 2.28. The van der Waals surface area contributed by atoms with Crippen molar-refractivity contribution in [2.75, 3.05) is 13.1 Å². The fourth-order valence-electron chi connectivity index (χ4n) is 3.74. The molecule has 2 fully saturated rings. The minimum Gasteiger partial charge on any atom is -0.337 e.